The molecule has 0 amide bonds. The molecule has 0 saturated heterocycles. The second kappa shape index (κ2) is 8.19. The number of aromatic nitrogens is 6. The number of hydrogen-bond acceptors (Lipinski definition) is 8. The van der Waals surface area contributed by atoms with E-state index < -0.39 is 0 Å². The average molecular weight is 413 g/mol. The van der Waals surface area contributed by atoms with E-state index in [0.717, 1.165) is 65.5 Å². The Labute approximate surface area is 179 Å². The first-order valence-corrected chi connectivity index (χ1v) is 10.3. The van der Waals surface area contributed by atoms with E-state index in [2.05, 4.69) is 25.3 Å². The van der Waals surface area contributed by atoms with Crippen molar-refractivity contribution in [2.75, 3.05) is 5.32 Å². The highest BCUT2D eigenvalue weighted by Gasteiger charge is 2.16. The van der Waals surface area contributed by atoms with Gasteiger partial charge < -0.3 is 11.1 Å². The molecule has 0 radical (unpaired) electrons. The standard InChI is InChI=1S/C22H23N9/c1-14-10-26-22(29-16-4-2-15(23)3-5-16)30-21(14)18-11-25-20-7-6-17(12-31(18)20)28-19-8-9-24-13-27-19/h6-13,15H,2-5,23H2,1H3,(H,24,27,28). The van der Waals surface area contributed by atoms with Crippen molar-refractivity contribution in [3.8, 4) is 11.4 Å². The Morgan fingerprint density at radius 3 is 2.77 bits per heavy atom. The first-order chi connectivity index (χ1) is 15.2. The van der Waals surface area contributed by atoms with E-state index in [0.29, 0.717) is 5.95 Å². The Morgan fingerprint density at radius 2 is 1.97 bits per heavy atom. The van der Waals surface area contributed by atoms with Gasteiger partial charge in [-0.3, -0.25) is 4.40 Å². The van der Waals surface area contributed by atoms with Crippen molar-refractivity contribution in [1.29, 1.82) is 0 Å². The van der Waals surface area contributed by atoms with Crippen LogP contribution in [0.25, 0.3) is 17.0 Å². The summed E-state index contributed by atoms with van der Waals surface area (Å²) < 4.78 is 2.01. The number of imidazole rings is 1. The lowest BCUT2D eigenvalue weighted by Gasteiger charge is -2.18. The number of nitrogens with zero attached hydrogens (tertiary/aromatic N) is 7. The van der Waals surface area contributed by atoms with Gasteiger partial charge in [-0.15, -0.1) is 0 Å². The average Bonchev–Trinajstić information content (AvgIpc) is 3.20. The molecule has 9 nitrogen and oxygen atoms in total. The molecule has 156 valence electrons. The number of aliphatic imine (C=N–C) groups is 1. The van der Waals surface area contributed by atoms with E-state index >= 15 is 0 Å². The van der Waals surface area contributed by atoms with Gasteiger partial charge in [0.05, 0.1) is 23.3 Å². The van der Waals surface area contributed by atoms with E-state index in [1.54, 1.807) is 6.20 Å². The molecule has 1 aliphatic carbocycles. The summed E-state index contributed by atoms with van der Waals surface area (Å²) in [5.74, 6) is 1.20. The minimum absolute atomic E-state index is 0.275. The van der Waals surface area contributed by atoms with Gasteiger partial charge in [0.2, 0.25) is 5.95 Å². The predicted molar refractivity (Wildman–Crippen MR) is 120 cm³/mol. The van der Waals surface area contributed by atoms with Gasteiger partial charge in [-0.05, 0) is 56.4 Å². The van der Waals surface area contributed by atoms with Gasteiger partial charge in [-0.2, -0.15) is 0 Å². The van der Waals surface area contributed by atoms with Crippen LogP contribution in [-0.4, -0.2) is 41.1 Å². The largest absolute Gasteiger partial charge is 0.339 e. The molecule has 0 spiro atoms. The van der Waals surface area contributed by atoms with Gasteiger partial charge in [-0.1, -0.05) is 0 Å². The van der Waals surface area contributed by atoms with Crippen molar-refractivity contribution < 1.29 is 0 Å². The lowest BCUT2D eigenvalue weighted by molar-refractivity contribution is 0.558. The Hall–Kier alpha value is -3.72. The molecule has 0 aromatic carbocycles. The summed E-state index contributed by atoms with van der Waals surface area (Å²) in [5, 5.41) is 3.28. The molecule has 31 heavy (non-hydrogen) atoms. The van der Waals surface area contributed by atoms with Gasteiger partial charge in [-0.25, -0.2) is 29.9 Å². The van der Waals surface area contributed by atoms with Gasteiger partial charge in [0, 0.05) is 30.3 Å². The lowest BCUT2D eigenvalue weighted by Crippen LogP contribution is -2.26. The fourth-order valence-electron chi connectivity index (χ4n) is 3.71. The number of nitrogens with two attached hydrogens (primary N) is 1. The third-order valence-corrected chi connectivity index (χ3v) is 5.43. The normalized spacial score (nSPS) is 16.5. The second-order valence-electron chi connectivity index (χ2n) is 7.73. The Kier molecular flexibility index (Phi) is 5.09. The molecule has 4 aromatic rings. The maximum atomic E-state index is 6.00. The van der Waals surface area contributed by atoms with Crippen molar-refractivity contribution in [2.45, 2.75) is 38.6 Å². The van der Waals surface area contributed by atoms with E-state index in [9.17, 15) is 0 Å². The van der Waals surface area contributed by atoms with Gasteiger partial charge in [0.1, 0.15) is 17.8 Å². The van der Waals surface area contributed by atoms with Crippen LogP contribution in [-0.2, 0) is 0 Å². The summed E-state index contributed by atoms with van der Waals surface area (Å²) in [6, 6.07) is 6.01. The van der Waals surface area contributed by atoms with Crippen LogP contribution in [0.2, 0.25) is 0 Å². The van der Waals surface area contributed by atoms with Crippen LogP contribution in [0.1, 0.15) is 31.2 Å². The molecule has 1 saturated carbocycles. The minimum Gasteiger partial charge on any atom is -0.339 e. The van der Waals surface area contributed by atoms with Gasteiger partial charge in [0.25, 0.3) is 0 Å². The van der Waals surface area contributed by atoms with Crippen LogP contribution in [0.5, 0.6) is 0 Å². The minimum atomic E-state index is 0.275. The summed E-state index contributed by atoms with van der Waals surface area (Å²) in [7, 11) is 0. The first-order valence-electron chi connectivity index (χ1n) is 10.3. The topological polar surface area (TPSA) is 119 Å². The molecule has 1 aliphatic rings. The highest BCUT2D eigenvalue weighted by molar-refractivity contribution is 5.87. The molecule has 9 heteroatoms. The predicted octanol–water partition coefficient (Wildman–Crippen LogP) is 3.61. The molecule has 3 N–H and O–H groups in total. The molecule has 1 fully saturated rings. The SMILES string of the molecule is Cc1cnc(N=C2CCC(N)CC2)nc1-c1cnc2ccc(Nc3ccncn3)cn12. The Bertz CT molecular complexity index is 1240. The molecular formula is C22H23N9. The van der Waals surface area contributed by atoms with E-state index in [1.165, 1.54) is 6.33 Å². The summed E-state index contributed by atoms with van der Waals surface area (Å²) >= 11 is 0. The van der Waals surface area contributed by atoms with Crippen LogP contribution in [0, 0.1) is 6.92 Å². The number of anilines is 2. The van der Waals surface area contributed by atoms with E-state index in [4.69, 9.17) is 15.7 Å². The number of hydrogen-bond donors (Lipinski definition) is 2. The molecule has 0 bridgehead atoms. The van der Waals surface area contributed by atoms with Crippen molar-refractivity contribution >= 4 is 28.8 Å². The van der Waals surface area contributed by atoms with Crippen LogP contribution in [0.4, 0.5) is 17.5 Å². The van der Waals surface area contributed by atoms with Crippen molar-refractivity contribution in [2.24, 2.45) is 10.7 Å². The van der Waals surface area contributed by atoms with Gasteiger partial charge in [0.15, 0.2) is 0 Å². The van der Waals surface area contributed by atoms with Crippen LogP contribution in [0.15, 0.2) is 54.3 Å². The van der Waals surface area contributed by atoms with Crippen molar-refractivity contribution in [1.82, 2.24) is 29.3 Å². The smallest absolute Gasteiger partial charge is 0.249 e. The zero-order chi connectivity index (χ0) is 21.2. The summed E-state index contributed by atoms with van der Waals surface area (Å²) in [6.45, 7) is 1.99. The van der Waals surface area contributed by atoms with E-state index in [1.807, 2.05) is 48.1 Å². The molecule has 0 atom stereocenters. The maximum absolute atomic E-state index is 6.00. The fraction of sp³-hybridized carbons (Fsp3) is 0.273. The first kappa shape index (κ1) is 19.3. The van der Waals surface area contributed by atoms with Gasteiger partial charge >= 0.3 is 0 Å². The number of aryl methyl sites for hydroxylation is 1. The molecule has 0 aliphatic heterocycles. The number of nitrogens with one attached hydrogen (secondary N) is 1. The molecular weight excluding hydrogens is 390 g/mol. The maximum Gasteiger partial charge on any atom is 0.249 e. The number of fused-ring (bicyclic) bond motifs is 1. The van der Waals surface area contributed by atoms with Crippen molar-refractivity contribution in [3.05, 3.63) is 54.9 Å². The van der Waals surface area contributed by atoms with Crippen LogP contribution in [0.3, 0.4) is 0 Å². The molecule has 5 rings (SSSR count). The Morgan fingerprint density at radius 1 is 1.10 bits per heavy atom. The summed E-state index contributed by atoms with van der Waals surface area (Å²) in [5.41, 5.74) is 11.5. The van der Waals surface area contributed by atoms with Crippen LogP contribution >= 0.6 is 0 Å². The molecule has 4 aromatic heterocycles. The summed E-state index contributed by atoms with van der Waals surface area (Å²) in [4.78, 5) is 26.6. The molecule has 4 heterocycles. The number of rotatable bonds is 4. The third-order valence-electron chi connectivity index (χ3n) is 5.43. The second-order valence-corrected chi connectivity index (χ2v) is 7.73. The fourth-order valence-corrected chi connectivity index (χ4v) is 3.71. The molecule has 0 unspecified atom stereocenters. The van der Waals surface area contributed by atoms with Crippen molar-refractivity contribution in [3.63, 3.8) is 0 Å². The third kappa shape index (κ3) is 4.13. The monoisotopic (exact) mass is 413 g/mol. The zero-order valence-electron chi connectivity index (χ0n) is 17.2. The van der Waals surface area contributed by atoms with Crippen LogP contribution < -0.4 is 11.1 Å². The lowest BCUT2D eigenvalue weighted by atomic mass is 9.94. The summed E-state index contributed by atoms with van der Waals surface area (Å²) in [6.07, 6.45) is 12.6. The Balaban J connectivity index is 1.50. The zero-order valence-corrected chi connectivity index (χ0v) is 17.2. The highest BCUT2D eigenvalue weighted by atomic mass is 15.1. The van der Waals surface area contributed by atoms with E-state index in [-0.39, 0.29) is 6.04 Å². The highest BCUT2D eigenvalue weighted by Crippen LogP contribution is 2.26. The quantitative estimate of drug-likeness (QED) is 0.524. The number of pyridine rings is 1.